The van der Waals surface area contributed by atoms with Crippen molar-refractivity contribution in [3.63, 3.8) is 0 Å². The SMILES string of the molecule is c1ccc(-c2cc(-c3cccc4c3OCC4)[nH]n2)cc1. The molecule has 3 aromatic rings. The van der Waals surface area contributed by atoms with E-state index in [1.807, 2.05) is 18.2 Å². The Morgan fingerprint density at radius 3 is 2.80 bits per heavy atom. The average molecular weight is 262 g/mol. The van der Waals surface area contributed by atoms with Crippen LogP contribution in [0.5, 0.6) is 5.75 Å². The van der Waals surface area contributed by atoms with Crippen molar-refractivity contribution in [3.05, 3.63) is 60.2 Å². The highest BCUT2D eigenvalue weighted by Crippen LogP contribution is 2.36. The molecule has 1 aliphatic rings. The Balaban J connectivity index is 1.78. The van der Waals surface area contributed by atoms with E-state index in [-0.39, 0.29) is 0 Å². The molecule has 3 nitrogen and oxygen atoms in total. The molecular formula is C17H14N2O. The fourth-order valence-electron chi connectivity index (χ4n) is 2.64. The van der Waals surface area contributed by atoms with Gasteiger partial charge in [0, 0.05) is 17.5 Å². The number of H-pyrrole nitrogens is 1. The van der Waals surface area contributed by atoms with Crippen molar-refractivity contribution >= 4 is 0 Å². The zero-order chi connectivity index (χ0) is 13.4. The van der Waals surface area contributed by atoms with Gasteiger partial charge in [-0.15, -0.1) is 0 Å². The number of ether oxygens (including phenoxy) is 1. The smallest absolute Gasteiger partial charge is 0.131 e. The molecular weight excluding hydrogens is 248 g/mol. The molecule has 98 valence electrons. The summed E-state index contributed by atoms with van der Waals surface area (Å²) in [6, 6.07) is 18.5. The van der Waals surface area contributed by atoms with Crippen molar-refractivity contribution in [3.8, 4) is 28.3 Å². The number of hydrogen-bond acceptors (Lipinski definition) is 2. The zero-order valence-electron chi connectivity index (χ0n) is 11.0. The lowest BCUT2D eigenvalue weighted by Crippen LogP contribution is -1.88. The van der Waals surface area contributed by atoms with Crippen molar-refractivity contribution in [2.45, 2.75) is 6.42 Å². The maximum atomic E-state index is 5.75. The van der Waals surface area contributed by atoms with Gasteiger partial charge in [0.2, 0.25) is 0 Å². The minimum absolute atomic E-state index is 0.770. The van der Waals surface area contributed by atoms with Gasteiger partial charge in [-0.05, 0) is 17.7 Å². The van der Waals surface area contributed by atoms with Crippen molar-refractivity contribution < 1.29 is 4.74 Å². The van der Waals surface area contributed by atoms with E-state index in [0.717, 1.165) is 41.3 Å². The number of para-hydroxylation sites is 1. The largest absolute Gasteiger partial charge is 0.492 e. The molecule has 0 fully saturated rings. The molecule has 1 N–H and O–H groups in total. The summed E-state index contributed by atoms with van der Waals surface area (Å²) in [6.45, 7) is 0.770. The summed E-state index contributed by atoms with van der Waals surface area (Å²) in [5.74, 6) is 0.996. The minimum Gasteiger partial charge on any atom is -0.492 e. The Bertz CT molecular complexity index is 747. The van der Waals surface area contributed by atoms with Gasteiger partial charge in [0.25, 0.3) is 0 Å². The van der Waals surface area contributed by atoms with E-state index in [0.29, 0.717) is 0 Å². The summed E-state index contributed by atoms with van der Waals surface area (Å²) in [6.07, 6.45) is 0.989. The second-order valence-electron chi connectivity index (χ2n) is 4.93. The van der Waals surface area contributed by atoms with E-state index in [2.05, 4.69) is 46.6 Å². The normalized spacial score (nSPS) is 13.0. The predicted octanol–water partition coefficient (Wildman–Crippen LogP) is 3.68. The number of nitrogens with zero attached hydrogens (tertiary/aromatic N) is 1. The van der Waals surface area contributed by atoms with E-state index < -0.39 is 0 Å². The molecule has 0 saturated heterocycles. The van der Waals surface area contributed by atoms with Gasteiger partial charge in [0.15, 0.2) is 0 Å². The van der Waals surface area contributed by atoms with Gasteiger partial charge in [-0.25, -0.2) is 0 Å². The maximum absolute atomic E-state index is 5.75. The summed E-state index contributed by atoms with van der Waals surface area (Å²) in [4.78, 5) is 0. The lowest BCUT2D eigenvalue weighted by molar-refractivity contribution is 0.358. The average Bonchev–Trinajstić information content (AvgIpc) is 3.17. The highest BCUT2D eigenvalue weighted by Gasteiger charge is 2.18. The van der Waals surface area contributed by atoms with E-state index in [1.54, 1.807) is 0 Å². The maximum Gasteiger partial charge on any atom is 0.131 e. The standard InChI is InChI=1S/C17H14N2O/c1-2-5-12(6-3-1)15-11-16(19-18-15)14-8-4-7-13-9-10-20-17(13)14/h1-8,11H,9-10H2,(H,18,19). The number of benzene rings is 2. The van der Waals surface area contributed by atoms with Crippen LogP contribution in [-0.4, -0.2) is 16.8 Å². The predicted molar refractivity (Wildman–Crippen MR) is 78.7 cm³/mol. The van der Waals surface area contributed by atoms with Crippen LogP contribution in [0.1, 0.15) is 5.56 Å². The van der Waals surface area contributed by atoms with Crippen LogP contribution in [0.3, 0.4) is 0 Å². The quantitative estimate of drug-likeness (QED) is 0.765. The number of hydrogen-bond donors (Lipinski definition) is 1. The van der Waals surface area contributed by atoms with Crippen LogP contribution in [0.4, 0.5) is 0 Å². The molecule has 2 heterocycles. The second kappa shape index (κ2) is 4.53. The van der Waals surface area contributed by atoms with Gasteiger partial charge >= 0.3 is 0 Å². The highest BCUT2D eigenvalue weighted by atomic mass is 16.5. The number of aromatic amines is 1. The zero-order valence-corrected chi connectivity index (χ0v) is 11.0. The lowest BCUT2D eigenvalue weighted by atomic mass is 10.0. The number of nitrogens with one attached hydrogen (secondary N) is 1. The minimum atomic E-state index is 0.770. The number of rotatable bonds is 2. The van der Waals surface area contributed by atoms with Gasteiger partial charge in [-0.1, -0.05) is 42.5 Å². The first kappa shape index (κ1) is 11.3. The molecule has 2 aromatic carbocycles. The van der Waals surface area contributed by atoms with Crippen molar-refractivity contribution in [1.82, 2.24) is 10.2 Å². The topological polar surface area (TPSA) is 37.9 Å². The fourth-order valence-corrected chi connectivity index (χ4v) is 2.64. The molecule has 0 atom stereocenters. The summed E-state index contributed by atoms with van der Waals surface area (Å²) in [5, 5.41) is 7.53. The van der Waals surface area contributed by atoms with E-state index in [9.17, 15) is 0 Å². The van der Waals surface area contributed by atoms with E-state index in [1.165, 1.54) is 5.56 Å². The van der Waals surface area contributed by atoms with Crippen LogP contribution < -0.4 is 4.74 Å². The van der Waals surface area contributed by atoms with E-state index >= 15 is 0 Å². The monoisotopic (exact) mass is 262 g/mol. The number of fused-ring (bicyclic) bond motifs is 1. The molecule has 0 amide bonds. The van der Waals surface area contributed by atoms with Crippen LogP contribution in [0.15, 0.2) is 54.6 Å². The molecule has 0 unspecified atom stereocenters. The molecule has 0 saturated carbocycles. The molecule has 1 aliphatic heterocycles. The molecule has 0 aliphatic carbocycles. The molecule has 4 rings (SSSR count). The third-order valence-corrected chi connectivity index (χ3v) is 3.65. The van der Waals surface area contributed by atoms with Crippen LogP contribution >= 0.6 is 0 Å². The summed E-state index contributed by atoms with van der Waals surface area (Å²) in [5.41, 5.74) is 5.44. The Labute approximate surface area is 117 Å². The first-order valence-corrected chi connectivity index (χ1v) is 6.78. The fraction of sp³-hybridized carbons (Fsp3) is 0.118. The first-order valence-electron chi connectivity index (χ1n) is 6.78. The molecule has 20 heavy (non-hydrogen) atoms. The van der Waals surface area contributed by atoms with Crippen molar-refractivity contribution in [2.24, 2.45) is 0 Å². The van der Waals surface area contributed by atoms with Crippen LogP contribution in [0.2, 0.25) is 0 Å². The third-order valence-electron chi connectivity index (χ3n) is 3.65. The molecule has 3 heteroatoms. The Morgan fingerprint density at radius 1 is 1.00 bits per heavy atom. The number of aromatic nitrogens is 2. The molecule has 1 aromatic heterocycles. The summed E-state index contributed by atoms with van der Waals surface area (Å²) >= 11 is 0. The highest BCUT2D eigenvalue weighted by molar-refractivity contribution is 5.74. The van der Waals surface area contributed by atoms with Crippen LogP contribution in [0, 0.1) is 0 Å². The van der Waals surface area contributed by atoms with Crippen molar-refractivity contribution in [2.75, 3.05) is 6.61 Å². The Kier molecular flexibility index (Phi) is 2.56. The Hall–Kier alpha value is -2.55. The third kappa shape index (κ3) is 1.79. The van der Waals surface area contributed by atoms with Gasteiger partial charge in [-0.3, -0.25) is 5.10 Å². The van der Waals surface area contributed by atoms with Crippen LogP contribution in [0.25, 0.3) is 22.5 Å². The first-order chi connectivity index (χ1) is 9.92. The summed E-state index contributed by atoms with van der Waals surface area (Å²) in [7, 11) is 0. The van der Waals surface area contributed by atoms with Gasteiger partial charge < -0.3 is 4.74 Å². The molecule has 0 spiro atoms. The van der Waals surface area contributed by atoms with Gasteiger partial charge in [-0.2, -0.15) is 5.10 Å². The summed E-state index contributed by atoms with van der Waals surface area (Å²) < 4.78 is 5.75. The van der Waals surface area contributed by atoms with Gasteiger partial charge in [0.05, 0.1) is 18.0 Å². The second-order valence-corrected chi connectivity index (χ2v) is 4.93. The van der Waals surface area contributed by atoms with Crippen LogP contribution in [-0.2, 0) is 6.42 Å². The lowest BCUT2D eigenvalue weighted by Gasteiger charge is -2.05. The van der Waals surface area contributed by atoms with Crippen molar-refractivity contribution in [1.29, 1.82) is 0 Å². The Morgan fingerprint density at radius 2 is 1.90 bits per heavy atom. The molecule has 0 bridgehead atoms. The van der Waals surface area contributed by atoms with E-state index in [4.69, 9.17) is 4.74 Å². The van der Waals surface area contributed by atoms with Gasteiger partial charge in [0.1, 0.15) is 5.75 Å². The molecule has 0 radical (unpaired) electrons.